The lowest BCUT2D eigenvalue weighted by Gasteiger charge is -2.05. The van der Waals surface area contributed by atoms with E-state index in [1.54, 1.807) is 0 Å². The van der Waals surface area contributed by atoms with Crippen LogP contribution in [-0.2, 0) is 0 Å². The lowest BCUT2D eigenvalue weighted by molar-refractivity contribution is 0.0957. The van der Waals surface area contributed by atoms with E-state index in [-0.39, 0.29) is 5.91 Å². The molecule has 6 heteroatoms. The molecule has 1 aromatic heterocycles. The summed E-state index contributed by atoms with van der Waals surface area (Å²) in [7, 11) is 3.76. The maximum atomic E-state index is 11.9. The van der Waals surface area contributed by atoms with E-state index < -0.39 is 0 Å². The molecule has 0 atom stereocenters. The molecule has 1 heterocycles. The zero-order valence-corrected chi connectivity index (χ0v) is 12.1. The molecular weight excluding hydrogens is 248 g/mol. The van der Waals surface area contributed by atoms with Crippen LogP contribution >= 0.6 is 11.3 Å². The average Bonchev–Trinajstić information content (AvgIpc) is 2.71. The van der Waals surface area contributed by atoms with E-state index in [9.17, 15) is 4.79 Å². The monoisotopic (exact) mass is 270 g/mol. The van der Waals surface area contributed by atoms with E-state index in [0.717, 1.165) is 18.0 Å². The predicted octanol–water partition coefficient (Wildman–Crippen LogP) is 2.10. The van der Waals surface area contributed by atoms with Gasteiger partial charge in [-0.3, -0.25) is 4.79 Å². The second-order valence-corrected chi connectivity index (χ2v) is 5.40. The largest absolute Gasteiger partial charge is 0.382 e. The Balaban J connectivity index is 2.46. The number of carbonyl (C=O) groups excluding carboxylic acids is 1. The minimum absolute atomic E-state index is 0.116. The van der Waals surface area contributed by atoms with E-state index in [2.05, 4.69) is 17.2 Å². The number of aromatic nitrogens is 1. The van der Waals surface area contributed by atoms with Crippen molar-refractivity contribution < 1.29 is 4.79 Å². The van der Waals surface area contributed by atoms with Crippen molar-refractivity contribution >= 4 is 28.2 Å². The first kappa shape index (κ1) is 14.8. The van der Waals surface area contributed by atoms with E-state index in [1.807, 2.05) is 19.0 Å². The molecule has 0 bridgehead atoms. The van der Waals surface area contributed by atoms with Crippen LogP contribution in [0.1, 0.15) is 42.3 Å². The molecule has 0 spiro atoms. The Morgan fingerprint density at radius 3 is 2.67 bits per heavy atom. The molecule has 0 unspecified atom stereocenters. The SMILES string of the molecule is CCCCCCNC(=O)c1sc(N(C)C)nc1N. The zero-order valence-electron chi connectivity index (χ0n) is 11.3. The molecule has 18 heavy (non-hydrogen) atoms. The van der Waals surface area contributed by atoms with Gasteiger partial charge < -0.3 is 16.0 Å². The van der Waals surface area contributed by atoms with Crippen molar-refractivity contribution in [2.45, 2.75) is 32.6 Å². The number of unbranched alkanes of at least 4 members (excludes halogenated alkanes) is 3. The summed E-state index contributed by atoms with van der Waals surface area (Å²) in [6.45, 7) is 2.87. The number of nitrogens with zero attached hydrogens (tertiary/aromatic N) is 2. The number of nitrogens with one attached hydrogen (secondary N) is 1. The highest BCUT2D eigenvalue weighted by Crippen LogP contribution is 2.26. The molecule has 0 fully saturated rings. The molecule has 0 aromatic carbocycles. The van der Waals surface area contributed by atoms with Gasteiger partial charge in [0.1, 0.15) is 10.7 Å². The summed E-state index contributed by atoms with van der Waals surface area (Å²) in [5.41, 5.74) is 5.74. The third-order valence-electron chi connectivity index (χ3n) is 2.55. The molecule has 0 aliphatic carbocycles. The van der Waals surface area contributed by atoms with Crippen LogP contribution in [0.3, 0.4) is 0 Å². The summed E-state index contributed by atoms with van der Waals surface area (Å²) >= 11 is 1.32. The summed E-state index contributed by atoms with van der Waals surface area (Å²) in [5, 5.41) is 3.64. The summed E-state index contributed by atoms with van der Waals surface area (Å²) in [4.78, 5) is 18.4. The van der Waals surface area contributed by atoms with Gasteiger partial charge in [-0.2, -0.15) is 0 Å². The van der Waals surface area contributed by atoms with Crippen LogP contribution in [0.25, 0.3) is 0 Å². The van der Waals surface area contributed by atoms with Crippen molar-refractivity contribution in [3.63, 3.8) is 0 Å². The van der Waals surface area contributed by atoms with Gasteiger partial charge in [0.05, 0.1) is 0 Å². The number of carbonyl (C=O) groups is 1. The maximum absolute atomic E-state index is 11.9. The van der Waals surface area contributed by atoms with Crippen LogP contribution in [0.5, 0.6) is 0 Å². The fourth-order valence-corrected chi connectivity index (χ4v) is 2.33. The van der Waals surface area contributed by atoms with E-state index in [4.69, 9.17) is 5.73 Å². The normalized spacial score (nSPS) is 10.4. The first-order valence-electron chi connectivity index (χ1n) is 6.28. The fourth-order valence-electron chi connectivity index (χ4n) is 1.51. The van der Waals surface area contributed by atoms with Crippen LogP contribution in [-0.4, -0.2) is 31.5 Å². The van der Waals surface area contributed by atoms with Crippen LogP contribution in [0.15, 0.2) is 0 Å². The third-order valence-corrected chi connectivity index (χ3v) is 3.78. The zero-order chi connectivity index (χ0) is 13.5. The molecule has 1 aromatic rings. The van der Waals surface area contributed by atoms with Gasteiger partial charge in [-0.05, 0) is 6.42 Å². The first-order valence-corrected chi connectivity index (χ1v) is 7.09. The van der Waals surface area contributed by atoms with Crippen molar-refractivity contribution in [3.8, 4) is 0 Å². The Hall–Kier alpha value is -1.30. The second kappa shape index (κ2) is 7.20. The first-order chi connectivity index (χ1) is 8.56. The number of anilines is 2. The summed E-state index contributed by atoms with van der Waals surface area (Å²) in [6.07, 6.45) is 4.57. The van der Waals surface area contributed by atoms with Crippen molar-refractivity contribution in [1.82, 2.24) is 10.3 Å². The summed E-state index contributed by atoms with van der Waals surface area (Å²) in [6, 6.07) is 0. The van der Waals surface area contributed by atoms with Gasteiger partial charge in [-0.1, -0.05) is 37.5 Å². The summed E-state index contributed by atoms with van der Waals surface area (Å²) in [5.74, 6) is 0.198. The Morgan fingerprint density at radius 2 is 2.11 bits per heavy atom. The lowest BCUT2D eigenvalue weighted by Crippen LogP contribution is -2.24. The van der Waals surface area contributed by atoms with Crippen LogP contribution in [0.4, 0.5) is 10.9 Å². The molecule has 5 nitrogen and oxygen atoms in total. The average molecular weight is 270 g/mol. The molecule has 0 aliphatic rings. The van der Waals surface area contributed by atoms with Crippen molar-refractivity contribution in [1.29, 1.82) is 0 Å². The third kappa shape index (κ3) is 4.18. The number of nitrogen functional groups attached to an aromatic ring is 1. The van der Waals surface area contributed by atoms with Crippen LogP contribution in [0, 0.1) is 0 Å². The predicted molar refractivity (Wildman–Crippen MR) is 77.3 cm³/mol. The highest BCUT2D eigenvalue weighted by molar-refractivity contribution is 7.18. The Bertz CT molecular complexity index is 389. The van der Waals surface area contributed by atoms with Gasteiger partial charge >= 0.3 is 0 Å². The molecule has 0 saturated carbocycles. The van der Waals surface area contributed by atoms with Gasteiger partial charge in [0.2, 0.25) is 0 Å². The fraction of sp³-hybridized carbons (Fsp3) is 0.667. The van der Waals surface area contributed by atoms with E-state index in [1.165, 1.54) is 24.2 Å². The van der Waals surface area contributed by atoms with Gasteiger partial charge in [-0.15, -0.1) is 0 Å². The van der Waals surface area contributed by atoms with Crippen LogP contribution in [0.2, 0.25) is 0 Å². The standard InChI is InChI=1S/C12H22N4OS/c1-4-5-6-7-8-14-11(17)9-10(13)15-12(18-9)16(2)3/h4-8,13H2,1-3H3,(H,14,17). The molecule has 0 saturated heterocycles. The molecule has 0 aliphatic heterocycles. The topological polar surface area (TPSA) is 71.2 Å². The van der Waals surface area contributed by atoms with Crippen molar-refractivity contribution in [2.75, 3.05) is 31.3 Å². The Kier molecular flexibility index (Phi) is 5.91. The van der Waals surface area contributed by atoms with Crippen molar-refractivity contribution in [2.24, 2.45) is 0 Å². The molecular formula is C12H22N4OS. The van der Waals surface area contributed by atoms with Gasteiger partial charge in [-0.25, -0.2) is 4.98 Å². The van der Waals surface area contributed by atoms with Crippen LogP contribution < -0.4 is 16.0 Å². The molecule has 102 valence electrons. The molecule has 1 amide bonds. The highest BCUT2D eigenvalue weighted by atomic mass is 32.1. The lowest BCUT2D eigenvalue weighted by atomic mass is 10.2. The number of rotatable bonds is 7. The molecule has 3 N–H and O–H groups in total. The molecule has 1 rings (SSSR count). The van der Waals surface area contributed by atoms with Crippen molar-refractivity contribution in [3.05, 3.63) is 4.88 Å². The number of nitrogens with two attached hydrogens (primary N) is 1. The van der Waals surface area contributed by atoms with Gasteiger partial charge in [0, 0.05) is 20.6 Å². The maximum Gasteiger partial charge on any atom is 0.265 e. The number of amides is 1. The van der Waals surface area contributed by atoms with E-state index in [0.29, 0.717) is 17.2 Å². The molecule has 0 radical (unpaired) electrons. The minimum atomic E-state index is -0.116. The van der Waals surface area contributed by atoms with Gasteiger partial charge in [0.25, 0.3) is 5.91 Å². The quantitative estimate of drug-likeness (QED) is 0.744. The Labute approximate surface area is 112 Å². The smallest absolute Gasteiger partial charge is 0.265 e. The number of hydrogen-bond acceptors (Lipinski definition) is 5. The minimum Gasteiger partial charge on any atom is -0.382 e. The summed E-state index contributed by atoms with van der Waals surface area (Å²) < 4.78 is 0. The second-order valence-electron chi connectivity index (χ2n) is 4.42. The number of hydrogen-bond donors (Lipinski definition) is 2. The van der Waals surface area contributed by atoms with E-state index >= 15 is 0 Å². The van der Waals surface area contributed by atoms with Gasteiger partial charge in [0.15, 0.2) is 5.13 Å². The Morgan fingerprint density at radius 1 is 1.39 bits per heavy atom. The highest BCUT2D eigenvalue weighted by Gasteiger charge is 2.16. The number of thiazole rings is 1.